The molecular weight excluding hydrogens is 477 g/mol. The first-order valence-electron chi connectivity index (χ1n) is 9.69. The first-order valence-corrected chi connectivity index (χ1v) is 9.69. The number of aryl methyl sites for hydroxylation is 2. The summed E-state index contributed by atoms with van der Waals surface area (Å²) >= 11 is 0. The fraction of sp³-hybridized carbons (Fsp3) is 0.364. The first-order chi connectivity index (χ1) is 13.7. The molecule has 0 atom stereocenters. The summed E-state index contributed by atoms with van der Waals surface area (Å²) in [6.07, 6.45) is 3.82. The molecule has 0 spiro atoms. The minimum absolute atomic E-state index is 0. The number of ether oxygens (including phenoxy) is 1. The van der Waals surface area contributed by atoms with Crippen LogP contribution in [0.1, 0.15) is 17.5 Å². The van der Waals surface area contributed by atoms with Crippen molar-refractivity contribution in [3.63, 3.8) is 0 Å². The first kappa shape index (κ1) is 23.0. The van der Waals surface area contributed by atoms with E-state index < -0.39 is 0 Å². The number of aliphatic imine (C=N–C) groups is 1. The summed E-state index contributed by atoms with van der Waals surface area (Å²) in [5.74, 6) is 1.77. The van der Waals surface area contributed by atoms with Crippen molar-refractivity contribution in [2.75, 3.05) is 27.2 Å². The molecule has 0 unspecified atom stereocenters. The number of nitrogens with one attached hydrogen (secondary N) is 2. The van der Waals surface area contributed by atoms with Gasteiger partial charge in [0, 0.05) is 26.7 Å². The summed E-state index contributed by atoms with van der Waals surface area (Å²) in [6, 6.07) is 14.6. The second-order valence-electron chi connectivity index (χ2n) is 6.76. The molecule has 1 aromatic heterocycles. The van der Waals surface area contributed by atoms with Crippen molar-refractivity contribution in [3.8, 4) is 5.75 Å². The van der Waals surface area contributed by atoms with Gasteiger partial charge in [-0.25, -0.2) is 4.98 Å². The zero-order valence-corrected chi connectivity index (χ0v) is 19.6. The molecule has 3 rings (SSSR count). The second kappa shape index (κ2) is 11.6. The number of nitrogens with zero attached hydrogens (tertiary/aromatic N) is 3. The van der Waals surface area contributed by atoms with Gasteiger partial charge in [-0.1, -0.05) is 24.3 Å². The van der Waals surface area contributed by atoms with Crippen molar-refractivity contribution in [2.45, 2.75) is 26.3 Å². The molecule has 0 saturated heterocycles. The quantitative estimate of drug-likeness (QED) is 0.211. The molecule has 0 fully saturated rings. The predicted octanol–water partition coefficient (Wildman–Crippen LogP) is 3.77. The number of imidazole rings is 1. The number of hydrogen-bond acceptors (Lipinski definition) is 3. The Morgan fingerprint density at radius 3 is 2.72 bits per heavy atom. The van der Waals surface area contributed by atoms with Crippen molar-refractivity contribution >= 4 is 41.0 Å². The third kappa shape index (κ3) is 6.35. The number of aromatic nitrogens is 2. The number of methoxy groups -OCH3 is 1. The largest absolute Gasteiger partial charge is 0.496 e. The highest BCUT2D eigenvalue weighted by Gasteiger charge is 2.03. The number of fused-ring (bicyclic) bond motifs is 1. The molecule has 0 aliphatic rings. The Labute approximate surface area is 189 Å². The monoisotopic (exact) mass is 507 g/mol. The van der Waals surface area contributed by atoms with Crippen molar-refractivity contribution < 1.29 is 4.74 Å². The van der Waals surface area contributed by atoms with Crippen LogP contribution in [0, 0.1) is 6.92 Å². The average Bonchev–Trinajstić information content (AvgIpc) is 3.14. The summed E-state index contributed by atoms with van der Waals surface area (Å²) < 4.78 is 7.59. The Hall–Kier alpha value is -2.29. The number of guanidine groups is 1. The highest BCUT2D eigenvalue weighted by molar-refractivity contribution is 14.0. The lowest BCUT2D eigenvalue weighted by Gasteiger charge is -2.13. The number of hydrogen-bond donors (Lipinski definition) is 2. The van der Waals surface area contributed by atoms with E-state index in [0.717, 1.165) is 55.3 Å². The van der Waals surface area contributed by atoms with Gasteiger partial charge in [0.15, 0.2) is 5.96 Å². The zero-order valence-electron chi connectivity index (χ0n) is 17.3. The molecule has 0 amide bonds. The Morgan fingerprint density at radius 1 is 1.14 bits per heavy atom. The van der Waals surface area contributed by atoms with Crippen molar-refractivity contribution in [1.82, 2.24) is 20.2 Å². The van der Waals surface area contributed by atoms with Crippen LogP contribution in [0.5, 0.6) is 5.75 Å². The van der Waals surface area contributed by atoms with E-state index in [4.69, 9.17) is 4.74 Å². The van der Waals surface area contributed by atoms with E-state index in [9.17, 15) is 0 Å². The molecule has 6 nitrogen and oxygen atoms in total. The van der Waals surface area contributed by atoms with Gasteiger partial charge in [-0.05, 0) is 49.1 Å². The van der Waals surface area contributed by atoms with Crippen LogP contribution in [-0.2, 0) is 13.0 Å². The van der Waals surface area contributed by atoms with Gasteiger partial charge < -0.3 is 19.9 Å². The van der Waals surface area contributed by atoms with Crippen LogP contribution in [0.25, 0.3) is 11.0 Å². The third-order valence-electron chi connectivity index (χ3n) is 4.80. The average molecular weight is 507 g/mol. The van der Waals surface area contributed by atoms with Gasteiger partial charge in [-0.2, -0.15) is 0 Å². The van der Waals surface area contributed by atoms with Crippen molar-refractivity contribution in [2.24, 2.45) is 4.99 Å². The molecule has 1 heterocycles. The summed E-state index contributed by atoms with van der Waals surface area (Å²) in [5.41, 5.74) is 4.62. The molecule has 2 N–H and O–H groups in total. The summed E-state index contributed by atoms with van der Waals surface area (Å²) in [6.45, 7) is 4.65. The number of benzene rings is 2. The van der Waals surface area contributed by atoms with Crippen LogP contribution in [-0.4, -0.2) is 42.8 Å². The molecule has 29 heavy (non-hydrogen) atoms. The number of halogens is 1. The molecule has 0 radical (unpaired) electrons. The molecule has 7 heteroatoms. The normalized spacial score (nSPS) is 11.2. The van der Waals surface area contributed by atoms with Crippen LogP contribution >= 0.6 is 24.0 Å². The standard InChI is InChI=1S/C22H29N5O.HI/c1-17-9-10-18(15-21(17)28-3)11-13-25-22(23-2)24-12-6-14-27-16-26-19-7-4-5-8-20(19)27;/h4-5,7-10,15-16H,6,11-14H2,1-3H3,(H2,23,24,25);1H. The van der Waals surface area contributed by atoms with Gasteiger partial charge in [0.1, 0.15) is 5.75 Å². The summed E-state index contributed by atoms with van der Waals surface area (Å²) in [7, 11) is 3.51. The lowest BCUT2D eigenvalue weighted by molar-refractivity contribution is 0.411. The molecule has 0 saturated carbocycles. The maximum atomic E-state index is 5.39. The van der Waals surface area contributed by atoms with Crippen LogP contribution in [0.15, 0.2) is 53.8 Å². The van der Waals surface area contributed by atoms with Crippen LogP contribution in [0.4, 0.5) is 0 Å². The smallest absolute Gasteiger partial charge is 0.190 e. The van der Waals surface area contributed by atoms with Gasteiger partial charge in [-0.15, -0.1) is 24.0 Å². The number of rotatable bonds is 8. The minimum Gasteiger partial charge on any atom is -0.496 e. The topological polar surface area (TPSA) is 63.5 Å². The molecular formula is C22H30IN5O. The van der Waals surface area contributed by atoms with Crippen LogP contribution < -0.4 is 15.4 Å². The summed E-state index contributed by atoms with van der Waals surface area (Å²) in [4.78, 5) is 8.74. The van der Waals surface area contributed by atoms with Gasteiger partial charge in [0.2, 0.25) is 0 Å². The Bertz CT molecular complexity index is 938. The SMILES string of the molecule is CN=C(NCCCn1cnc2ccccc21)NCCc1ccc(C)c(OC)c1.I. The van der Waals surface area contributed by atoms with Crippen LogP contribution in [0.3, 0.4) is 0 Å². The van der Waals surface area contributed by atoms with Crippen LogP contribution in [0.2, 0.25) is 0 Å². The molecule has 2 aromatic carbocycles. The van der Waals surface area contributed by atoms with Gasteiger partial charge in [0.05, 0.1) is 24.5 Å². The number of para-hydroxylation sites is 2. The minimum atomic E-state index is 0. The fourth-order valence-electron chi connectivity index (χ4n) is 3.21. The molecule has 3 aromatic rings. The van der Waals surface area contributed by atoms with E-state index in [1.807, 2.05) is 24.5 Å². The predicted molar refractivity (Wildman–Crippen MR) is 131 cm³/mol. The fourth-order valence-corrected chi connectivity index (χ4v) is 3.21. The lowest BCUT2D eigenvalue weighted by Crippen LogP contribution is -2.38. The Morgan fingerprint density at radius 2 is 1.93 bits per heavy atom. The molecule has 156 valence electrons. The van der Waals surface area contributed by atoms with E-state index in [1.165, 1.54) is 11.1 Å². The second-order valence-corrected chi connectivity index (χ2v) is 6.76. The van der Waals surface area contributed by atoms with Crippen molar-refractivity contribution in [3.05, 3.63) is 59.9 Å². The Kier molecular flexibility index (Phi) is 9.24. The maximum absolute atomic E-state index is 5.39. The van der Waals surface area contributed by atoms with E-state index in [0.29, 0.717) is 0 Å². The highest BCUT2D eigenvalue weighted by atomic mass is 127. The molecule has 0 aliphatic heterocycles. The molecule has 0 aliphatic carbocycles. The summed E-state index contributed by atoms with van der Waals surface area (Å²) in [5, 5.41) is 6.75. The van der Waals surface area contributed by atoms with E-state index in [1.54, 1.807) is 14.2 Å². The van der Waals surface area contributed by atoms with E-state index >= 15 is 0 Å². The lowest BCUT2D eigenvalue weighted by atomic mass is 10.1. The van der Waals surface area contributed by atoms with Gasteiger partial charge >= 0.3 is 0 Å². The van der Waals surface area contributed by atoms with E-state index in [2.05, 4.69) is 56.4 Å². The molecule has 0 bridgehead atoms. The van der Waals surface area contributed by atoms with Gasteiger partial charge in [-0.3, -0.25) is 4.99 Å². The zero-order chi connectivity index (χ0) is 19.8. The highest BCUT2D eigenvalue weighted by Crippen LogP contribution is 2.19. The van der Waals surface area contributed by atoms with Gasteiger partial charge in [0.25, 0.3) is 0 Å². The van der Waals surface area contributed by atoms with E-state index in [-0.39, 0.29) is 24.0 Å². The third-order valence-corrected chi connectivity index (χ3v) is 4.80. The van der Waals surface area contributed by atoms with Crippen molar-refractivity contribution in [1.29, 1.82) is 0 Å². The Balaban J connectivity index is 0.00000300. The maximum Gasteiger partial charge on any atom is 0.190 e.